The average molecular weight is 363 g/mol. The molecule has 2 N–H and O–H groups in total. The lowest BCUT2D eigenvalue weighted by molar-refractivity contribution is -0.136. The quantitative estimate of drug-likeness (QED) is 0.612. The maximum absolute atomic E-state index is 11.8. The van der Waals surface area contributed by atoms with Gasteiger partial charge in [-0.1, -0.05) is 17.7 Å². The molecule has 0 saturated heterocycles. The van der Waals surface area contributed by atoms with Gasteiger partial charge in [0.15, 0.2) is 0 Å². The summed E-state index contributed by atoms with van der Waals surface area (Å²) in [5, 5.41) is 5.50. The topological polar surface area (TPSA) is 76.7 Å². The third kappa shape index (κ3) is 5.69. The van der Waals surface area contributed by atoms with Crippen molar-refractivity contribution >= 4 is 29.1 Å². The molecule has 0 aliphatic carbocycles. The van der Waals surface area contributed by atoms with Crippen molar-refractivity contribution in [3.8, 4) is 11.5 Å². The zero-order chi connectivity index (χ0) is 18.2. The van der Waals surface area contributed by atoms with Crippen LogP contribution in [0.15, 0.2) is 42.5 Å². The maximum Gasteiger partial charge on any atom is 0.313 e. The van der Waals surface area contributed by atoms with Crippen LogP contribution in [0.2, 0.25) is 5.02 Å². The Kier molecular flexibility index (Phi) is 6.65. The first-order chi connectivity index (χ1) is 12.0. The van der Waals surface area contributed by atoms with Crippen molar-refractivity contribution in [3.63, 3.8) is 0 Å². The molecule has 0 heterocycles. The lowest BCUT2D eigenvalue weighted by Gasteiger charge is -2.09. The van der Waals surface area contributed by atoms with E-state index in [1.807, 2.05) is 6.92 Å². The van der Waals surface area contributed by atoms with Gasteiger partial charge in [0.1, 0.15) is 18.1 Å². The Bertz CT molecular complexity index is 747. The van der Waals surface area contributed by atoms with E-state index in [9.17, 15) is 9.59 Å². The second-order valence-corrected chi connectivity index (χ2v) is 5.61. The molecule has 0 spiro atoms. The Hall–Kier alpha value is -2.73. The molecule has 25 heavy (non-hydrogen) atoms. The van der Waals surface area contributed by atoms with Crippen molar-refractivity contribution in [2.45, 2.75) is 6.92 Å². The molecular formula is C18H19ClN2O4. The minimum atomic E-state index is -0.760. The lowest BCUT2D eigenvalue weighted by Crippen LogP contribution is -2.37. The molecule has 132 valence electrons. The van der Waals surface area contributed by atoms with E-state index in [4.69, 9.17) is 21.1 Å². The number of carbonyl (C=O) groups is 2. The van der Waals surface area contributed by atoms with Gasteiger partial charge in [0.05, 0.1) is 13.7 Å². The van der Waals surface area contributed by atoms with E-state index in [0.717, 1.165) is 11.3 Å². The molecule has 0 aromatic heterocycles. The SMILES string of the molecule is COc1ccc(OCCNC(=O)C(=O)Nc2ccc(C)c(Cl)c2)cc1. The van der Waals surface area contributed by atoms with Gasteiger partial charge >= 0.3 is 11.8 Å². The highest BCUT2D eigenvalue weighted by atomic mass is 35.5. The van der Waals surface area contributed by atoms with Crippen molar-refractivity contribution in [1.29, 1.82) is 0 Å². The van der Waals surface area contributed by atoms with Crippen LogP contribution in [0.5, 0.6) is 11.5 Å². The zero-order valence-corrected chi connectivity index (χ0v) is 14.7. The number of halogens is 1. The number of methoxy groups -OCH3 is 1. The number of hydrogen-bond donors (Lipinski definition) is 2. The number of rotatable bonds is 6. The van der Waals surface area contributed by atoms with E-state index in [-0.39, 0.29) is 13.2 Å². The van der Waals surface area contributed by atoms with E-state index in [1.54, 1.807) is 49.6 Å². The van der Waals surface area contributed by atoms with Crippen molar-refractivity contribution in [2.75, 3.05) is 25.6 Å². The first-order valence-electron chi connectivity index (χ1n) is 7.62. The van der Waals surface area contributed by atoms with E-state index < -0.39 is 11.8 Å². The zero-order valence-electron chi connectivity index (χ0n) is 14.0. The Labute approximate surface area is 151 Å². The van der Waals surface area contributed by atoms with Gasteiger partial charge in [-0.2, -0.15) is 0 Å². The van der Waals surface area contributed by atoms with Crippen LogP contribution < -0.4 is 20.1 Å². The Morgan fingerprint density at radius 2 is 1.72 bits per heavy atom. The lowest BCUT2D eigenvalue weighted by atomic mass is 10.2. The van der Waals surface area contributed by atoms with E-state index in [2.05, 4.69) is 10.6 Å². The molecule has 2 aromatic rings. The molecule has 7 heteroatoms. The Morgan fingerprint density at radius 1 is 1.04 bits per heavy atom. The summed E-state index contributed by atoms with van der Waals surface area (Å²) in [6.07, 6.45) is 0. The Balaban J connectivity index is 1.73. The molecule has 0 radical (unpaired) electrons. The fourth-order valence-electron chi connectivity index (χ4n) is 1.94. The number of aryl methyl sites for hydroxylation is 1. The highest BCUT2D eigenvalue weighted by molar-refractivity contribution is 6.39. The third-order valence-corrected chi connectivity index (χ3v) is 3.76. The van der Waals surface area contributed by atoms with Gasteiger partial charge in [0.25, 0.3) is 0 Å². The average Bonchev–Trinajstić information content (AvgIpc) is 2.62. The van der Waals surface area contributed by atoms with Gasteiger partial charge in [-0.25, -0.2) is 0 Å². The summed E-state index contributed by atoms with van der Waals surface area (Å²) in [6, 6.07) is 12.1. The first-order valence-corrected chi connectivity index (χ1v) is 7.99. The molecule has 0 aliphatic rings. The van der Waals surface area contributed by atoms with Gasteiger partial charge in [0.2, 0.25) is 0 Å². The second kappa shape index (κ2) is 8.94. The summed E-state index contributed by atoms with van der Waals surface area (Å²) in [6.45, 7) is 2.29. The molecule has 0 atom stereocenters. The van der Waals surface area contributed by atoms with Crippen molar-refractivity contribution in [2.24, 2.45) is 0 Å². The summed E-state index contributed by atoms with van der Waals surface area (Å²) in [4.78, 5) is 23.6. The number of hydrogen-bond acceptors (Lipinski definition) is 4. The highest BCUT2D eigenvalue weighted by Crippen LogP contribution is 2.20. The van der Waals surface area contributed by atoms with E-state index in [1.165, 1.54) is 0 Å². The predicted molar refractivity (Wildman–Crippen MR) is 96.3 cm³/mol. The number of nitrogens with one attached hydrogen (secondary N) is 2. The molecule has 0 unspecified atom stereocenters. The molecule has 2 amide bonds. The number of carbonyl (C=O) groups excluding carboxylic acids is 2. The molecule has 0 fully saturated rings. The first kappa shape index (κ1) is 18.6. The molecule has 2 aromatic carbocycles. The van der Waals surface area contributed by atoms with Gasteiger partial charge in [-0.3, -0.25) is 9.59 Å². The summed E-state index contributed by atoms with van der Waals surface area (Å²) in [7, 11) is 1.58. The van der Waals surface area contributed by atoms with Gasteiger partial charge in [-0.15, -0.1) is 0 Å². The smallest absolute Gasteiger partial charge is 0.313 e. The number of benzene rings is 2. The number of ether oxygens (including phenoxy) is 2. The van der Waals surface area contributed by atoms with Gasteiger partial charge in [-0.05, 0) is 48.9 Å². The van der Waals surface area contributed by atoms with Gasteiger partial charge in [0, 0.05) is 10.7 Å². The minimum Gasteiger partial charge on any atom is -0.497 e. The summed E-state index contributed by atoms with van der Waals surface area (Å²) in [5.74, 6) is -0.123. The van der Waals surface area contributed by atoms with Crippen LogP contribution in [-0.2, 0) is 9.59 Å². The highest BCUT2D eigenvalue weighted by Gasteiger charge is 2.13. The fourth-order valence-corrected chi connectivity index (χ4v) is 2.12. The molecular weight excluding hydrogens is 344 g/mol. The van der Waals surface area contributed by atoms with Crippen LogP contribution in [0.4, 0.5) is 5.69 Å². The van der Waals surface area contributed by atoms with Crippen LogP contribution >= 0.6 is 11.6 Å². The van der Waals surface area contributed by atoms with Crippen LogP contribution in [0.3, 0.4) is 0 Å². The molecule has 0 bridgehead atoms. The summed E-state index contributed by atoms with van der Waals surface area (Å²) >= 11 is 5.98. The molecule has 0 saturated carbocycles. The van der Waals surface area contributed by atoms with Crippen molar-refractivity contribution < 1.29 is 19.1 Å². The van der Waals surface area contributed by atoms with Crippen LogP contribution in [-0.4, -0.2) is 32.1 Å². The van der Waals surface area contributed by atoms with Crippen molar-refractivity contribution in [3.05, 3.63) is 53.1 Å². The van der Waals surface area contributed by atoms with Crippen LogP contribution in [0, 0.1) is 6.92 Å². The maximum atomic E-state index is 11.8. The number of amides is 2. The van der Waals surface area contributed by atoms with Gasteiger partial charge < -0.3 is 20.1 Å². The van der Waals surface area contributed by atoms with E-state index >= 15 is 0 Å². The summed E-state index contributed by atoms with van der Waals surface area (Å²) < 4.78 is 10.5. The van der Waals surface area contributed by atoms with Crippen LogP contribution in [0.25, 0.3) is 0 Å². The monoisotopic (exact) mass is 362 g/mol. The molecule has 6 nitrogen and oxygen atoms in total. The largest absolute Gasteiger partial charge is 0.497 e. The van der Waals surface area contributed by atoms with E-state index in [0.29, 0.717) is 16.5 Å². The van der Waals surface area contributed by atoms with Crippen LogP contribution in [0.1, 0.15) is 5.56 Å². The van der Waals surface area contributed by atoms with Crippen molar-refractivity contribution in [1.82, 2.24) is 5.32 Å². The summed E-state index contributed by atoms with van der Waals surface area (Å²) in [5.41, 5.74) is 1.35. The standard InChI is InChI=1S/C18H19ClN2O4/c1-12-3-4-13(11-16(12)19)21-18(23)17(22)20-9-10-25-15-7-5-14(24-2)6-8-15/h3-8,11H,9-10H2,1-2H3,(H,20,22)(H,21,23). The fraction of sp³-hybridized carbons (Fsp3) is 0.222. The predicted octanol–water partition coefficient (Wildman–Crippen LogP) is 2.79. The normalized spacial score (nSPS) is 10.0. The minimum absolute atomic E-state index is 0.201. The Morgan fingerprint density at radius 3 is 2.36 bits per heavy atom. The number of anilines is 1. The molecule has 0 aliphatic heterocycles. The second-order valence-electron chi connectivity index (χ2n) is 5.20. The third-order valence-electron chi connectivity index (χ3n) is 3.35. The molecule has 2 rings (SSSR count).